The molecule has 194 valence electrons. The third kappa shape index (κ3) is 5.86. The molecule has 36 heavy (non-hydrogen) atoms. The van der Waals surface area contributed by atoms with Crippen LogP contribution in [0.1, 0.15) is 20.7 Å². The SMILES string of the molecule is COc1cc(C(=O)N2CCN(CC3CN(C(=O)c4cccc(Cl)c4)CCO3)CC2)cc(OC)c1OC. The highest BCUT2D eigenvalue weighted by molar-refractivity contribution is 6.30. The van der Waals surface area contributed by atoms with Crippen LogP contribution in [0.25, 0.3) is 0 Å². The van der Waals surface area contributed by atoms with E-state index in [9.17, 15) is 9.59 Å². The van der Waals surface area contributed by atoms with Crippen molar-refractivity contribution < 1.29 is 28.5 Å². The van der Waals surface area contributed by atoms with E-state index in [1.165, 1.54) is 21.3 Å². The van der Waals surface area contributed by atoms with Gasteiger partial charge in [0.2, 0.25) is 5.75 Å². The van der Waals surface area contributed by atoms with E-state index in [2.05, 4.69) is 4.90 Å². The maximum absolute atomic E-state index is 13.2. The van der Waals surface area contributed by atoms with Crippen LogP contribution in [-0.2, 0) is 4.74 Å². The second kappa shape index (κ2) is 11.8. The van der Waals surface area contributed by atoms with Crippen molar-refractivity contribution in [3.8, 4) is 17.2 Å². The minimum absolute atomic E-state index is 0.0356. The van der Waals surface area contributed by atoms with Crippen LogP contribution < -0.4 is 14.2 Å². The molecule has 0 aromatic heterocycles. The largest absolute Gasteiger partial charge is 0.493 e. The van der Waals surface area contributed by atoms with Crippen LogP contribution in [0.15, 0.2) is 36.4 Å². The standard InChI is InChI=1S/C26H32ClN3O6/c1-33-22-14-19(15-23(34-2)24(22)35-3)26(32)29-9-7-28(8-10-29)16-21-17-30(11-12-36-21)25(31)18-5-4-6-20(27)13-18/h4-6,13-15,21H,7-12,16-17H2,1-3H3. The minimum atomic E-state index is -0.0840. The van der Waals surface area contributed by atoms with Crippen LogP contribution in [0.4, 0.5) is 0 Å². The molecule has 0 aliphatic carbocycles. The van der Waals surface area contributed by atoms with Crippen molar-refractivity contribution in [3.63, 3.8) is 0 Å². The van der Waals surface area contributed by atoms with Crippen LogP contribution in [0.3, 0.4) is 0 Å². The van der Waals surface area contributed by atoms with E-state index in [0.29, 0.717) is 72.7 Å². The van der Waals surface area contributed by atoms with E-state index in [4.69, 9.17) is 30.5 Å². The highest BCUT2D eigenvalue weighted by atomic mass is 35.5. The third-order valence-electron chi connectivity index (χ3n) is 6.53. The summed E-state index contributed by atoms with van der Waals surface area (Å²) in [7, 11) is 4.59. The van der Waals surface area contributed by atoms with Gasteiger partial charge < -0.3 is 28.7 Å². The van der Waals surface area contributed by atoms with E-state index in [0.717, 1.165) is 13.1 Å². The van der Waals surface area contributed by atoms with E-state index < -0.39 is 0 Å². The van der Waals surface area contributed by atoms with Gasteiger partial charge in [-0.15, -0.1) is 0 Å². The lowest BCUT2D eigenvalue weighted by Crippen LogP contribution is -2.54. The van der Waals surface area contributed by atoms with Gasteiger partial charge in [-0.25, -0.2) is 0 Å². The highest BCUT2D eigenvalue weighted by Gasteiger charge is 2.29. The zero-order valence-electron chi connectivity index (χ0n) is 20.9. The summed E-state index contributed by atoms with van der Waals surface area (Å²) in [6.45, 7) is 4.90. The summed E-state index contributed by atoms with van der Waals surface area (Å²) in [5.74, 6) is 1.24. The first-order valence-corrected chi connectivity index (χ1v) is 12.3. The fraction of sp³-hybridized carbons (Fsp3) is 0.462. The highest BCUT2D eigenvalue weighted by Crippen LogP contribution is 2.38. The summed E-state index contributed by atoms with van der Waals surface area (Å²) in [6.07, 6.45) is -0.0840. The van der Waals surface area contributed by atoms with Gasteiger partial charge in [0, 0.05) is 62.0 Å². The lowest BCUT2D eigenvalue weighted by atomic mass is 10.1. The number of benzene rings is 2. The molecule has 2 aliphatic heterocycles. The average molecular weight is 518 g/mol. The Bertz CT molecular complexity index is 1060. The third-order valence-corrected chi connectivity index (χ3v) is 6.77. The summed E-state index contributed by atoms with van der Waals surface area (Å²) >= 11 is 6.05. The molecule has 4 rings (SSSR count). The van der Waals surface area contributed by atoms with Gasteiger partial charge in [0.1, 0.15) is 0 Å². The van der Waals surface area contributed by atoms with Gasteiger partial charge in [0.25, 0.3) is 11.8 Å². The van der Waals surface area contributed by atoms with Crippen LogP contribution in [0.5, 0.6) is 17.2 Å². The average Bonchev–Trinajstić information content (AvgIpc) is 2.92. The molecule has 2 aromatic carbocycles. The van der Waals surface area contributed by atoms with Crippen LogP contribution in [0.2, 0.25) is 5.02 Å². The molecule has 1 atom stereocenters. The quantitative estimate of drug-likeness (QED) is 0.558. The smallest absolute Gasteiger partial charge is 0.254 e. The fourth-order valence-corrected chi connectivity index (χ4v) is 4.82. The Hall–Kier alpha value is -3.01. The number of ether oxygens (including phenoxy) is 4. The van der Waals surface area contributed by atoms with Crippen molar-refractivity contribution in [3.05, 3.63) is 52.5 Å². The number of carbonyl (C=O) groups is 2. The Morgan fingerprint density at radius 2 is 1.56 bits per heavy atom. The second-order valence-corrected chi connectivity index (χ2v) is 9.20. The molecular formula is C26H32ClN3O6. The summed E-state index contributed by atoms with van der Waals surface area (Å²) in [6, 6.07) is 10.4. The van der Waals surface area contributed by atoms with Gasteiger partial charge in [0.15, 0.2) is 11.5 Å². The molecule has 2 amide bonds. The van der Waals surface area contributed by atoms with Crippen LogP contribution in [-0.4, -0.2) is 106 Å². The zero-order chi connectivity index (χ0) is 25.7. The summed E-state index contributed by atoms with van der Waals surface area (Å²) < 4.78 is 22.1. The van der Waals surface area contributed by atoms with Gasteiger partial charge in [-0.3, -0.25) is 14.5 Å². The van der Waals surface area contributed by atoms with Crippen LogP contribution in [0, 0.1) is 0 Å². The Labute approximate surface area is 216 Å². The maximum Gasteiger partial charge on any atom is 0.254 e. The normalized spacial score (nSPS) is 18.6. The summed E-state index contributed by atoms with van der Waals surface area (Å²) in [5, 5.41) is 0.546. The number of carbonyl (C=O) groups excluding carboxylic acids is 2. The van der Waals surface area contributed by atoms with Crippen molar-refractivity contribution in [2.45, 2.75) is 6.10 Å². The number of morpholine rings is 1. The Balaban J connectivity index is 1.32. The number of hydrogen-bond acceptors (Lipinski definition) is 7. The number of rotatable bonds is 7. The Morgan fingerprint density at radius 3 is 2.17 bits per heavy atom. The monoisotopic (exact) mass is 517 g/mol. The molecule has 0 radical (unpaired) electrons. The van der Waals surface area contributed by atoms with Crippen molar-refractivity contribution in [2.75, 3.05) is 73.7 Å². The van der Waals surface area contributed by atoms with Crippen molar-refractivity contribution in [1.29, 1.82) is 0 Å². The lowest BCUT2D eigenvalue weighted by Gasteiger charge is -2.39. The molecule has 0 spiro atoms. The Morgan fingerprint density at radius 1 is 0.889 bits per heavy atom. The van der Waals surface area contributed by atoms with Crippen molar-refractivity contribution in [1.82, 2.24) is 14.7 Å². The topological polar surface area (TPSA) is 80.8 Å². The van der Waals surface area contributed by atoms with Gasteiger partial charge in [0.05, 0.1) is 34.0 Å². The molecule has 2 fully saturated rings. The van der Waals surface area contributed by atoms with Gasteiger partial charge >= 0.3 is 0 Å². The number of hydrogen-bond donors (Lipinski definition) is 0. The molecule has 0 N–H and O–H groups in total. The predicted molar refractivity (Wildman–Crippen MR) is 136 cm³/mol. The van der Waals surface area contributed by atoms with Gasteiger partial charge in [-0.2, -0.15) is 0 Å². The van der Waals surface area contributed by atoms with Gasteiger partial charge in [-0.05, 0) is 30.3 Å². The molecule has 0 saturated carbocycles. The van der Waals surface area contributed by atoms with Crippen LogP contribution >= 0.6 is 11.6 Å². The predicted octanol–water partition coefficient (Wildman–Crippen LogP) is 2.66. The molecule has 0 bridgehead atoms. The molecule has 9 nitrogen and oxygen atoms in total. The molecule has 2 heterocycles. The van der Waals surface area contributed by atoms with Crippen molar-refractivity contribution in [2.24, 2.45) is 0 Å². The zero-order valence-corrected chi connectivity index (χ0v) is 21.6. The molecule has 1 unspecified atom stereocenters. The number of methoxy groups -OCH3 is 3. The fourth-order valence-electron chi connectivity index (χ4n) is 4.63. The summed E-state index contributed by atoms with van der Waals surface area (Å²) in [5.41, 5.74) is 1.07. The van der Waals surface area contributed by atoms with E-state index in [1.54, 1.807) is 36.4 Å². The second-order valence-electron chi connectivity index (χ2n) is 8.76. The number of amides is 2. The maximum atomic E-state index is 13.2. The molecule has 2 saturated heterocycles. The molecule has 2 aromatic rings. The van der Waals surface area contributed by atoms with E-state index in [-0.39, 0.29) is 17.9 Å². The first-order chi connectivity index (χ1) is 17.4. The number of piperazine rings is 1. The number of nitrogens with zero attached hydrogens (tertiary/aromatic N) is 3. The first kappa shape index (κ1) is 26.1. The van der Waals surface area contributed by atoms with E-state index in [1.807, 2.05) is 9.80 Å². The van der Waals surface area contributed by atoms with Crippen molar-refractivity contribution >= 4 is 23.4 Å². The van der Waals surface area contributed by atoms with Gasteiger partial charge in [-0.1, -0.05) is 17.7 Å². The Kier molecular flexibility index (Phi) is 8.56. The number of halogens is 1. The molecule has 10 heteroatoms. The lowest BCUT2D eigenvalue weighted by molar-refractivity contribution is -0.0399. The molecular weight excluding hydrogens is 486 g/mol. The first-order valence-electron chi connectivity index (χ1n) is 11.9. The summed E-state index contributed by atoms with van der Waals surface area (Å²) in [4.78, 5) is 32.0. The molecule has 2 aliphatic rings. The minimum Gasteiger partial charge on any atom is -0.493 e. The van der Waals surface area contributed by atoms with E-state index >= 15 is 0 Å².